The topological polar surface area (TPSA) is 12.0 Å². The third-order valence-corrected chi connectivity index (χ3v) is 5.39. The van der Waals surface area contributed by atoms with E-state index in [2.05, 4.69) is 35.7 Å². The molecule has 78 valence electrons. The monoisotopic (exact) mass is 235 g/mol. The van der Waals surface area contributed by atoms with Crippen molar-refractivity contribution in [3.63, 3.8) is 0 Å². The standard InChI is InChI=1S/C12H13NS2/c1-2-6-11-10(5-1)13-12-7-3-4-9(15-12)8-14-11/h1-2,5-7,9,13H,3-4,8H2. The van der Waals surface area contributed by atoms with Crippen molar-refractivity contribution in [2.24, 2.45) is 0 Å². The van der Waals surface area contributed by atoms with Crippen molar-refractivity contribution in [2.45, 2.75) is 23.0 Å². The molecular weight excluding hydrogens is 222 g/mol. The fourth-order valence-electron chi connectivity index (χ4n) is 1.90. The van der Waals surface area contributed by atoms with E-state index in [9.17, 15) is 0 Å². The molecule has 0 aromatic heterocycles. The Balaban J connectivity index is 1.97. The van der Waals surface area contributed by atoms with Gasteiger partial charge in [0.25, 0.3) is 0 Å². The molecule has 0 amide bonds. The van der Waals surface area contributed by atoms with E-state index in [1.54, 1.807) is 0 Å². The lowest BCUT2D eigenvalue weighted by Gasteiger charge is -2.26. The first-order valence-corrected chi connectivity index (χ1v) is 7.14. The van der Waals surface area contributed by atoms with Gasteiger partial charge in [0.2, 0.25) is 0 Å². The Kier molecular flexibility index (Phi) is 2.67. The molecule has 1 unspecified atom stereocenters. The summed E-state index contributed by atoms with van der Waals surface area (Å²) in [6.07, 6.45) is 4.88. The molecule has 0 aliphatic carbocycles. The summed E-state index contributed by atoms with van der Waals surface area (Å²) in [5.74, 6) is 1.24. The third kappa shape index (κ3) is 2.04. The molecule has 0 spiro atoms. The Bertz CT molecular complexity index is 400. The van der Waals surface area contributed by atoms with E-state index in [1.807, 2.05) is 23.5 Å². The minimum atomic E-state index is 0.788. The Morgan fingerprint density at radius 2 is 2.20 bits per heavy atom. The van der Waals surface area contributed by atoms with Crippen LogP contribution in [0.25, 0.3) is 0 Å². The van der Waals surface area contributed by atoms with Crippen molar-refractivity contribution >= 4 is 29.2 Å². The second-order valence-electron chi connectivity index (χ2n) is 3.82. The molecule has 1 atom stereocenters. The van der Waals surface area contributed by atoms with Gasteiger partial charge < -0.3 is 5.32 Å². The molecule has 1 aromatic carbocycles. The highest BCUT2D eigenvalue weighted by atomic mass is 32.2. The van der Waals surface area contributed by atoms with Gasteiger partial charge in [0.05, 0.1) is 10.7 Å². The van der Waals surface area contributed by atoms with Crippen LogP contribution in [0.5, 0.6) is 0 Å². The van der Waals surface area contributed by atoms with Crippen LogP contribution in [0.4, 0.5) is 5.69 Å². The van der Waals surface area contributed by atoms with Gasteiger partial charge in [-0.2, -0.15) is 0 Å². The van der Waals surface area contributed by atoms with E-state index in [-0.39, 0.29) is 0 Å². The molecule has 1 N–H and O–H groups in total. The van der Waals surface area contributed by atoms with Crippen LogP contribution >= 0.6 is 23.5 Å². The van der Waals surface area contributed by atoms with Crippen molar-refractivity contribution in [1.82, 2.24) is 0 Å². The van der Waals surface area contributed by atoms with Crippen LogP contribution in [0.2, 0.25) is 0 Å². The van der Waals surface area contributed by atoms with E-state index in [0.717, 1.165) is 5.25 Å². The predicted octanol–water partition coefficient (Wildman–Crippen LogP) is 3.94. The van der Waals surface area contributed by atoms with Crippen LogP contribution in [-0.2, 0) is 0 Å². The van der Waals surface area contributed by atoms with Gasteiger partial charge in [0.1, 0.15) is 0 Å². The molecule has 2 bridgehead atoms. The van der Waals surface area contributed by atoms with E-state index >= 15 is 0 Å². The first-order chi connectivity index (χ1) is 7.42. The lowest BCUT2D eigenvalue weighted by molar-refractivity contribution is 0.828. The van der Waals surface area contributed by atoms with Crippen LogP contribution < -0.4 is 5.32 Å². The zero-order valence-corrected chi connectivity index (χ0v) is 10.0. The number of allylic oxidation sites excluding steroid dienone is 1. The quantitative estimate of drug-likeness (QED) is 0.731. The van der Waals surface area contributed by atoms with Gasteiger partial charge in [-0.05, 0) is 25.0 Å². The summed E-state index contributed by atoms with van der Waals surface area (Å²) in [5, 5.41) is 5.67. The van der Waals surface area contributed by atoms with Crippen molar-refractivity contribution in [2.75, 3.05) is 11.1 Å². The molecule has 0 fully saturated rings. The molecule has 1 nitrogen and oxygen atoms in total. The number of rotatable bonds is 0. The van der Waals surface area contributed by atoms with Gasteiger partial charge in [-0.25, -0.2) is 0 Å². The van der Waals surface area contributed by atoms with Crippen LogP contribution in [-0.4, -0.2) is 11.0 Å². The molecule has 1 aromatic rings. The molecule has 3 rings (SSSR count). The van der Waals surface area contributed by atoms with Crippen molar-refractivity contribution in [3.8, 4) is 0 Å². The summed E-state index contributed by atoms with van der Waals surface area (Å²) in [7, 11) is 0. The smallest absolute Gasteiger partial charge is 0.0688 e. The first kappa shape index (κ1) is 9.67. The van der Waals surface area contributed by atoms with Crippen molar-refractivity contribution < 1.29 is 0 Å². The summed E-state index contributed by atoms with van der Waals surface area (Å²) in [4.78, 5) is 1.38. The summed E-state index contributed by atoms with van der Waals surface area (Å²) < 4.78 is 0. The maximum Gasteiger partial charge on any atom is 0.0688 e. The minimum Gasteiger partial charge on any atom is -0.350 e. The van der Waals surface area contributed by atoms with Gasteiger partial charge in [-0.3, -0.25) is 0 Å². The molecule has 2 heterocycles. The maximum atomic E-state index is 3.53. The normalized spacial score (nSPS) is 24.3. The highest BCUT2D eigenvalue weighted by Crippen LogP contribution is 2.40. The molecule has 0 saturated heterocycles. The number of nitrogens with one attached hydrogen (secondary N) is 1. The van der Waals surface area contributed by atoms with E-state index in [4.69, 9.17) is 0 Å². The number of fused-ring (bicyclic) bond motifs is 3. The minimum absolute atomic E-state index is 0.788. The number of hydrogen-bond acceptors (Lipinski definition) is 3. The second-order valence-corrected chi connectivity index (χ2v) is 6.22. The maximum absolute atomic E-state index is 3.53. The second kappa shape index (κ2) is 4.14. The predicted molar refractivity (Wildman–Crippen MR) is 69.5 cm³/mol. The van der Waals surface area contributed by atoms with E-state index < -0.39 is 0 Å². The Hall–Kier alpha value is -0.540. The summed E-state index contributed by atoms with van der Waals surface area (Å²) in [5.41, 5.74) is 1.27. The van der Waals surface area contributed by atoms with Crippen LogP contribution in [0.1, 0.15) is 12.8 Å². The molecule has 15 heavy (non-hydrogen) atoms. The lowest BCUT2D eigenvalue weighted by atomic mass is 10.2. The highest BCUT2D eigenvalue weighted by Gasteiger charge is 2.20. The number of anilines is 1. The number of hydrogen-bond donors (Lipinski definition) is 1. The molecule has 0 radical (unpaired) electrons. The molecular formula is C12H13NS2. The average Bonchev–Trinajstić information content (AvgIpc) is 2.27. The zero-order valence-electron chi connectivity index (χ0n) is 8.40. The largest absolute Gasteiger partial charge is 0.350 e. The average molecular weight is 235 g/mol. The number of benzene rings is 1. The van der Waals surface area contributed by atoms with Crippen molar-refractivity contribution in [1.29, 1.82) is 0 Å². The zero-order chi connectivity index (χ0) is 10.1. The van der Waals surface area contributed by atoms with Gasteiger partial charge in [0.15, 0.2) is 0 Å². The van der Waals surface area contributed by atoms with Gasteiger partial charge >= 0.3 is 0 Å². The van der Waals surface area contributed by atoms with Gasteiger partial charge in [-0.15, -0.1) is 23.5 Å². The number of para-hydroxylation sites is 1. The van der Waals surface area contributed by atoms with E-state index in [0.29, 0.717) is 0 Å². The lowest BCUT2D eigenvalue weighted by Crippen LogP contribution is -2.15. The molecule has 2 aliphatic rings. The van der Waals surface area contributed by atoms with Crippen LogP contribution in [0.3, 0.4) is 0 Å². The third-order valence-electron chi connectivity index (χ3n) is 2.68. The van der Waals surface area contributed by atoms with E-state index in [1.165, 1.54) is 34.2 Å². The summed E-state index contributed by atoms with van der Waals surface area (Å²) in [6, 6.07) is 8.59. The molecule has 0 saturated carbocycles. The van der Waals surface area contributed by atoms with Crippen LogP contribution in [0.15, 0.2) is 40.3 Å². The Labute approximate surface area is 98.7 Å². The summed E-state index contributed by atoms with van der Waals surface area (Å²) >= 11 is 3.98. The highest BCUT2D eigenvalue weighted by molar-refractivity contribution is 8.06. The van der Waals surface area contributed by atoms with Gasteiger partial charge in [0, 0.05) is 15.9 Å². The molecule has 2 aliphatic heterocycles. The van der Waals surface area contributed by atoms with Crippen molar-refractivity contribution in [3.05, 3.63) is 35.4 Å². The van der Waals surface area contributed by atoms with Gasteiger partial charge in [-0.1, -0.05) is 18.2 Å². The fourth-order valence-corrected chi connectivity index (χ4v) is 4.35. The number of thioether (sulfide) groups is 2. The first-order valence-electron chi connectivity index (χ1n) is 5.27. The Morgan fingerprint density at radius 1 is 1.27 bits per heavy atom. The molecule has 3 heteroatoms. The van der Waals surface area contributed by atoms with Crippen LogP contribution in [0, 0.1) is 0 Å². The summed E-state index contributed by atoms with van der Waals surface area (Å²) in [6.45, 7) is 0. The Morgan fingerprint density at radius 3 is 3.20 bits per heavy atom. The SMILES string of the molecule is C1=C2Nc3ccccc3SCC(CC1)S2. The fraction of sp³-hybridized carbons (Fsp3) is 0.333.